The van der Waals surface area contributed by atoms with Gasteiger partial charge in [-0.2, -0.15) is 0 Å². The van der Waals surface area contributed by atoms with Crippen molar-refractivity contribution < 1.29 is 4.39 Å². The summed E-state index contributed by atoms with van der Waals surface area (Å²) in [5.74, 6) is 5.90. The SMILES string of the molecule is C=CC(F)CCC#Cc1ccccc1. The smallest absolute Gasteiger partial charge is 0.119 e. The molecule has 0 bridgehead atoms. The second-order valence-corrected chi connectivity index (χ2v) is 2.96. The minimum atomic E-state index is -0.930. The van der Waals surface area contributed by atoms with Gasteiger partial charge in [0.2, 0.25) is 0 Å². The molecule has 1 unspecified atom stereocenters. The quantitative estimate of drug-likeness (QED) is 0.504. The Morgan fingerprint density at radius 2 is 2.07 bits per heavy atom. The standard InChI is InChI=1S/C13H13F/c1-2-13(14)11-7-6-10-12-8-4-3-5-9-12/h2-5,8-9,13H,1,7,11H2. The van der Waals surface area contributed by atoms with Crippen molar-refractivity contribution in [3.63, 3.8) is 0 Å². The minimum Gasteiger partial charge on any atom is -0.243 e. The van der Waals surface area contributed by atoms with Gasteiger partial charge in [-0.1, -0.05) is 36.1 Å². The number of allylic oxidation sites excluding steroid dienone is 1. The topological polar surface area (TPSA) is 0 Å². The highest BCUT2D eigenvalue weighted by molar-refractivity contribution is 5.33. The summed E-state index contributed by atoms with van der Waals surface area (Å²) in [4.78, 5) is 0. The zero-order valence-corrected chi connectivity index (χ0v) is 8.04. The van der Waals surface area contributed by atoms with Gasteiger partial charge in [0.25, 0.3) is 0 Å². The molecule has 0 aliphatic carbocycles. The number of rotatable bonds is 3. The van der Waals surface area contributed by atoms with Crippen LogP contribution in [0.3, 0.4) is 0 Å². The van der Waals surface area contributed by atoms with Gasteiger partial charge in [-0.05, 0) is 18.6 Å². The number of halogens is 1. The molecule has 14 heavy (non-hydrogen) atoms. The van der Waals surface area contributed by atoms with Gasteiger partial charge in [0.1, 0.15) is 6.17 Å². The van der Waals surface area contributed by atoms with Crippen LogP contribution in [0.1, 0.15) is 18.4 Å². The Balaban J connectivity index is 2.38. The predicted octanol–water partition coefficient (Wildman–Crippen LogP) is 3.34. The maximum atomic E-state index is 12.7. The van der Waals surface area contributed by atoms with E-state index in [1.807, 2.05) is 30.3 Å². The second-order valence-electron chi connectivity index (χ2n) is 2.96. The van der Waals surface area contributed by atoms with E-state index in [1.165, 1.54) is 6.08 Å². The molecule has 0 aromatic heterocycles. The molecular weight excluding hydrogens is 175 g/mol. The lowest BCUT2D eigenvalue weighted by Crippen LogP contribution is -1.91. The van der Waals surface area contributed by atoms with Crippen LogP contribution < -0.4 is 0 Å². The Bertz CT molecular complexity index is 329. The molecule has 0 amide bonds. The fraction of sp³-hybridized carbons (Fsp3) is 0.231. The molecule has 0 spiro atoms. The van der Waals surface area contributed by atoms with Gasteiger partial charge in [0, 0.05) is 12.0 Å². The Hall–Kier alpha value is -1.55. The second kappa shape index (κ2) is 5.99. The number of hydrogen-bond donors (Lipinski definition) is 0. The van der Waals surface area contributed by atoms with Gasteiger partial charge in [-0.15, -0.1) is 6.58 Å². The van der Waals surface area contributed by atoms with Crippen LogP contribution >= 0.6 is 0 Å². The van der Waals surface area contributed by atoms with Gasteiger partial charge in [0.05, 0.1) is 0 Å². The zero-order valence-electron chi connectivity index (χ0n) is 8.04. The van der Waals surface area contributed by atoms with E-state index < -0.39 is 6.17 Å². The molecule has 0 nitrogen and oxygen atoms in total. The van der Waals surface area contributed by atoms with E-state index in [1.54, 1.807) is 0 Å². The molecule has 0 aliphatic rings. The summed E-state index contributed by atoms with van der Waals surface area (Å²) in [6, 6.07) is 9.69. The van der Waals surface area contributed by atoms with E-state index in [9.17, 15) is 4.39 Å². The molecule has 0 N–H and O–H groups in total. The third-order valence-corrected chi connectivity index (χ3v) is 1.81. The third-order valence-electron chi connectivity index (χ3n) is 1.81. The summed E-state index contributed by atoms with van der Waals surface area (Å²) < 4.78 is 12.7. The summed E-state index contributed by atoms with van der Waals surface area (Å²) in [5.41, 5.74) is 0.974. The van der Waals surface area contributed by atoms with Crippen LogP contribution in [0.15, 0.2) is 43.0 Å². The monoisotopic (exact) mass is 188 g/mol. The van der Waals surface area contributed by atoms with Gasteiger partial charge < -0.3 is 0 Å². The van der Waals surface area contributed by atoms with Crippen LogP contribution in [-0.4, -0.2) is 6.17 Å². The van der Waals surface area contributed by atoms with Gasteiger partial charge in [-0.25, -0.2) is 4.39 Å². The van der Waals surface area contributed by atoms with Gasteiger partial charge in [0.15, 0.2) is 0 Å². The van der Waals surface area contributed by atoms with Crippen molar-refractivity contribution in [2.75, 3.05) is 0 Å². The van der Waals surface area contributed by atoms with Crippen LogP contribution in [0.4, 0.5) is 4.39 Å². The Kier molecular flexibility index (Phi) is 4.50. The minimum absolute atomic E-state index is 0.434. The first-order valence-electron chi connectivity index (χ1n) is 4.63. The normalized spacial score (nSPS) is 11.2. The van der Waals surface area contributed by atoms with Crippen LogP contribution in [0.5, 0.6) is 0 Å². The van der Waals surface area contributed by atoms with E-state index in [0.29, 0.717) is 12.8 Å². The summed E-state index contributed by atoms with van der Waals surface area (Å²) in [7, 11) is 0. The van der Waals surface area contributed by atoms with Gasteiger partial charge >= 0.3 is 0 Å². The van der Waals surface area contributed by atoms with E-state index in [-0.39, 0.29) is 0 Å². The lowest BCUT2D eigenvalue weighted by molar-refractivity contribution is 0.383. The molecule has 0 fully saturated rings. The third kappa shape index (κ3) is 3.91. The summed E-state index contributed by atoms with van der Waals surface area (Å²) in [5, 5.41) is 0. The van der Waals surface area contributed by atoms with E-state index in [4.69, 9.17) is 0 Å². The highest BCUT2D eigenvalue weighted by Crippen LogP contribution is 2.02. The number of hydrogen-bond acceptors (Lipinski definition) is 0. The molecule has 1 rings (SSSR count). The molecule has 1 aromatic carbocycles. The first-order valence-corrected chi connectivity index (χ1v) is 4.63. The van der Waals surface area contributed by atoms with Crippen LogP contribution in [0.2, 0.25) is 0 Å². The first kappa shape index (κ1) is 10.5. The summed E-state index contributed by atoms with van der Waals surface area (Å²) in [6.07, 6.45) is 1.38. The average molecular weight is 188 g/mol. The lowest BCUT2D eigenvalue weighted by atomic mass is 10.2. The zero-order chi connectivity index (χ0) is 10.2. The molecule has 0 heterocycles. The molecule has 1 aromatic rings. The Morgan fingerprint density at radius 3 is 2.71 bits per heavy atom. The van der Waals surface area contributed by atoms with Crippen molar-refractivity contribution in [3.8, 4) is 11.8 Å². The van der Waals surface area contributed by atoms with E-state index in [0.717, 1.165) is 5.56 Å². The molecule has 72 valence electrons. The van der Waals surface area contributed by atoms with Crippen molar-refractivity contribution in [1.82, 2.24) is 0 Å². The molecule has 1 heteroatoms. The van der Waals surface area contributed by atoms with Crippen LogP contribution in [0.25, 0.3) is 0 Å². The molecule has 0 saturated heterocycles. The average Bonchev–Trinajstić information content (AvgIpc) is 2.25. The van der Waals surface area contributed by atoms with Gasteiger partial charge in [-0.3, -0.25) is 0 Å². The highest BCUT2D eigenvalue weighted by atomic mass is 19.1. The van der Waals surface area contributed by atoms with E-state index in [2.05, 4.69) is 18.4 Å². The summed E-state index contributed by atoms with van der Waals surface area (Å²) in [6.45, 7) is 3.37. The lowest BCUT2D eigenvalue weighted by Gasteiger charge is -1.95. The highest BCUT2D eigenvalue weighted by Gasteiger charge is 1.96. The molecule has 1 atom stereocenters. The fourth-order valence-electron chi connectivity index (χ4n) is 1.01. The fourth-order valence-corrected chi connectivity index (χ4v) is 1.01. The van der Waals surface area contributed by atoms with E-state index >= 15 is 0 Å². The van der Waals surface area contributed by atoms with Crippen LogP contribution in [0, 0.1) is 11.8 Å². The van der Waals surface area contributed by atoms with Crippen molar-refractivity contribution in [2.24, 2.45) is 0 Å². The van der Waals surface area contributed by atoms with Crippen LogP contribution in [-0.2, 0) is 0 Å². The number of alkyl halides is 1. The molecule has 0 radical (unpaired) electrons. The molecule has 0 saturated carbocycles. The van der Waals surface area contributed by atoms with Crippen molar-refractivity contribution >= 4 is 0 Å². The largest absolute Gasteiger partial charge is 0.243 e. The Labute approximate surface area is 84.5 Å². The number of benzene rings is 1. The maximum Gasteiger partial charge on any atom is 0.119 e. The van der Waals surface area contributed by atoms with Crippen molar-refractivity contribution in [1.29, 1.82) is 0 Å². The molecular formula is C13H13F. The maximum absolute atomic E-state index is 12.7. The van der Waals surface area contributed by atoms with Crippen molar-refractivity contribution in [3.05, 3.63) is 48.6 Å². The Morgan fingerprint density at radius 1 is 1.36 bits per heavy atom. The molecule has 0 aliphatic heterocycles. The van der Waals surface area contributed by atoms with Crippen molar-refractivity contribution in [2.45, 2.75) is 19.0 Å². The first-order chi connectivity index (χ1) is 6.83. The predicted molar refractivity (Wildman–Crippen MR) is 57.6 cm³/mol. The summed E-state index contributed by atoms with van der Waals surface area (Å²) >= 11 is 0.